The van der Waals surface area contributed by atoms with Crippen molar-refractivity contribution >= 4 is 13.2 Å². The lowest BCUT2D eigenvalue weighted by atomic mass is 9.83. The van der Waals surface area contributed by atoms with Crippen LogP contribution in [0.25, 0.3) is 0 Å². The molecule has 1 heterocycles. The topological polar surface area (TPSA) is 70.8 Å². The fraction of sp³-hybridized carbons (Fsp3) is 0.900. The molecule has 0 spiro atoms. The van der Waals surface area contributed by atoms with Crippen LogP contribution in [-0.4, -0.2) is 31.0 Å². The molecule has 0 aliphatic carbocycles. The van der Waals surface area contributed by atoms with Gasteiger partial charge in [0.25, 0.3) is 0 Å². The molecule has 5 nitrogen and oxygen atoms in total. The number of carbonyl (C=O) groups excluding carboxylic acids is 1. The average molecular weight is 229 g/mol. The third-order valence-corrected chi connectivity index (χ3v) is 3.13. The van der Waals surface area contributed by atoms with E-state index in [0.29, 0.717) is 19.3 Å². The Balaban J connectivity index is 2.29. The fourth-order valence-electron chi connectivity index (χ4n) is 1.51. The Morgan fingerprint density at radius 2 is 1.75 bits per heavy atom. The van der Waals surface area contributed by atoms with Gasteiger partial charge in [0.05, 0.1) is 17.8 Å². The maximum atomic E-state index is 10.3. The molecule has 0 aromatic heterocycles. The maximum absolute atomic E-state index is 10.3. The molecule has 1 saturated heterocycles. The first-order valence-corrected chi connectivity index (χ1v) is 5.52. The first kappa shape index (κ1) is 13.3. The normalized spacial score (nSPS) is 22.1. The van der Waals surface area contributed by atoms with Crippen LogP contribution < -0.4 is 5.73 Å². The van der Waals surface area contributed by atoms with Crippen molar-refractivity contribution in [2.45, 2.75) is 51.6 Å². The summed E-state index contributed by atoms with van der Waals surface area (Å²) in [5.41, 5.74) is 4.24. The van der Waals surface area contributed by atoms with Crippen LogP contribution in [0.4, 0.5) is 4.79 Å². The number of rotatable bonds is 4. The Morgan fingerprint density at radius 3 is 2.19 bits per heavy atom. The van der Waals surface area contributed by atoms with Gasteiger partial charge in [0.15, 0.2) is 0 Å². The van der Waals surface area contributed by atoms with Crippen LogP contribution in [0.15, 0.2) is 0 Å². The van der Waals surface area contributed by atoms with Crippen LogP contribution in [0.3, 0.4) is 0 Å². The number of ether oxygens (including phenoxy) is 1. The molecule has 0 unspecified atom stereocenters. The van der Waals surface area contributed by atoms with Gasteiger partial charge in [0.1, 0.15) is 0 Å². The third kappa shape index (κ3) is 3.12. The molecule has 0 bridgehead atoms. The highest BCUT2D eigenvalue weighted by atomic mass is 16.7. The molecule has 0 radical (unpaired) electrons. The van der Waals surface area contributed by atoms with E-state index in [-0.39, 0.29) is 18.3 Å². The standard InChI is InChI=1S/C10H20BNO4/c1-9(2)10(3,4)16-11(15-9)6-5-7-14-8(12)13/h5-7H2,1-4H3,(H2,12,13). The van der Waals surface area contributed by atoms with Crippen LogP contribution in [0, 0.1) is 0 Å². The lowest BCUT2D eigenvalue weighted by Gasteiger charge is -2.32. The van der Waals surface area contributed by atoms with E-state index in [1.54, 1.807) is 0 Å². The number of primary amides is 1. The number of hydrogen-bond acceptors (Lipinski definition) is 4. The van der Waals surface area contributed by atoms with E-state index >= 15 is 0 Å². The second-order valence-electron chi connectivity index (χ2n) is 5.00. The average Bonchev–Trinajstić information content (AvgIpc) is 2.29. The minimum absolute atomic E-state index is 0.235. The quantitative estimate of drug-likeness (QED) is 0.586. The number of amides is 1. The Hall–Kier alpha value is -0.745. The van der Waals surface area contributed by atoms with E-state index in [1.165, 1.54) is 0 Å². The predicted octanol–water partition coefficient (Wildman–Crippen LogP) is 1.56. The van der Waals surface area contributed by atoms with Gasteiger partial charge in [0.2, 0.25) is 0 Å². The zero-order valence-electron chi connectivity index (χ0n) is 10.4. The molecule has 0 saturated carbocycles. The van der Waals surface area contributed by atoms with E-state index in [4.69, 9.17) is 15.0 Å². The molecule has 1 rings (SSSR count). The molecule has 1 aliphatic rings. The van der Waals surface area contributed by atoms with Gasteiger partial charge < -0.3 is 19.8 Å². The van der Waals surface area contributed by atoms with Gasteiger partial charge in [-0.1, -0.05) is 0 Å². The molecular weight excluding hydrogens is 209 g/mol. The van der Waals surface area contributed by atoms with Crippen molar-refractivity contribution < 1.29 is 18.8 Å². The second-order valence-corrected chi connectivity index (χ2v) is 5.00. The zero-order valence-corrected chi connectivity index (χ0v) is 10.4. The lowest BCUT2D eigenvalue weighted by Crippen LogP contribution is -2.41. The summed E-state index contributed by atoms with van der Waals surface area (Å²) >= 11 is 0. The summed E-state index contributed by atoms with van der Waals surface area (Å²) in [6, 6.07) is 0. The minimum Gasteiger partial charge on any atom is -0.450 e. The molecule has 92 valence electrons. The summed E-state index contributed by atoms with van der Waals surface area (Å²) < 4.78 is 16.2. The summed E-state index contributed by atoms with van der Waals surface area (Å²) in [5, 5.41) is 0. The number of hydrogen-bond donors (Lipinski definition) is 1. The Morgan fingerprint density at radius 1 is 1.25 bits per heavy atom. The van der Waals surface area contributed by atoms with Gasteiger partial charge in [-0.3, -0.25) is 0 Å². The first-order chi connectivity index (χ1) is 7.24. The van der Waals surface area contributed by atoms with Crippen LogP contribution in [-0.2, 0) is 14.0 Å². The van der Waals surface area contributed by atoms with Crippen molar-refractivity contribution in [1.82, 2.24) is 0 Å². The monoisotopic (exact) mass is 229 g/mol. The van der Waals surface area contributed by atoms with Gasteiger partial charge in [-0.25, -0.2) is 4.79 Å². The largest absolute Gasteiger partial charge is 0.457 e. The van der Waals surface area contributed by atoms with E-state index in [0.717, 1.165) is 0 Å². The van der Waals surface area contributed by atoms with Crippen molar-refractivity contribution in [3.05, 3.63) is 0 Å². The molecule has 0 aromatic rings. The van der Waals surface area contributed by atoms with Crippen LogP contribution in [0.5, 0.6) is 0 Å². The summed E-state index contributed by atoms with van der Waals surface area (Å²) in [6.45, 7) is 8.33. The van der Waals surface area contributed by atoms with Crippen molar-refractivity contribution in [3.8, 4) is 0 Å². The van der Waals surface area contributed by atoms with Crippen molar-refractivity contribution in [2.24, 2.45) is 5.73 Å². The van der Waals surface area contributed by atoms with Crippen molar-refractivity contribution in [1.29, 1.82) is 0 Å². The number of carbonyl (C=O) groups is 1. The molecule has 0 aromatic carbocycles. The Labute approximate surface area is 96.8 Å². The Bertz CT molecular complexity index is 252. The van der Waals surface area contributed by atoms with Gasteiger partial charge in [-0.15, -0.1) is 0 Å². The van der Waals surface area contributed by atoms with Crippen LogP contribution in [0.1, 0.15) is 34.1 Å². The van der Waals surface area contributed by atoms with Gasteiger partial charge in [0, 0.05) is 0 Å². The predicted molar refractivity (Wildman–Crippen MR) is 61.0 cm³/mol. The molecule has 6 heteroatoms. The van der Waals surface area contributed by atoms with E-state index in [2.05, 4.69) is 4.74 Å². The molecule has 0 atom stereocenters. The highest BCUT2D eigenvalue weighted by Gasteiger charge is 2.50. The molecule has 1 aliphatic heterocycles. The molecule has 2 N–H and O–H groups in total. The lowest BCUT2D eigenvalue weighted by molar-refractivity contribution is 0.00578. The smallest absolute Gasteiger partial charge is 0.450 e. The van der Waals surface area contributed by atoms with Gasteiger partial charge >= 0.3 is 13.2 Å². The summed E-state index contributed by atoms with van der Waals surface area (Å²) in [6.07, 6.45) is 0.633. The van der Waals surface area contributed by atoms with Crippen LogP contribution >= 0.6 is 0 Å². The fourth-order valence-corrected chi connectivity index (χ4v) is 1.51. The molecule has 1 fully saturated rings. The van der Waals surface area contributed by atoms with E-state index in [1.807, 2.05) is 27.7 Å². The minimum atomic E-state index is -0.742. The first-order valence-electron chi connectivity index (χ1n) is 5.52. The summed E-state index contributed by atoms with van der Waals surface area (Å²) in [4.78, 5) is 10.3. The maximum Gasteiger partial charge on any atom is 0.457 e. The van der Waals surface area contributed by atoms with Gasteiger partial charge in [-0.2, -0.15) is 0 Å². The van der Waals surface area contributed by atoms with Crippen molar-refractivity contribution in [2.75, 3.05) is 6.61 Å². The van der Waals surface area contributed by atoms with Gasteiger partial charge in [-0.05, 0) is 40.4 Å². The number of nitrogens with two attached hydrogens (primary N) is 1. The van der Waals surface area contributed by atoms with Crippen LogP contribution in [0.2, 0.25) is 6.32 Å². The highest BCUT2D eigenvalue weighted by Crippen LogP contribution is 2.37. The Kier molecular flexibility index (Phi) is 3.86. The zero-order chi connectivity index (χ0) is 12.4. The third-order valence-electron chi connectivity index (χ3n) is 3.13. The second kappa shape index (κ2) is 4.63. The summed E-state index contributed by atoms with van der Waals surface area (Å²) in [5.74, 6) is 0. The van der Waals surface area contributed by atoms with E-state index in [9.17, 15) is 4.79 Å². The molecular formula is C10H20BNO4. The summed E-state index contributed by atoms with van der Waals surface area (Å²) in [7, 11) is -0.235. The highest BCUT2D eigenvalue weighted by molar-refractivity contribution is 6.45. The SMILES string of the molecule is CC1(C)OB(CCCOC(N)=O)OC1(C)C. The van der Waals surface area contributed by atoms with E-state index < -0.39 is 6.09 Å². The van der Waals surface area contributed by atoms with Crippen molar-refractivity contribution in [3.63, 3.8) is 0 Å². The molecule has 1 amide bonds. The molecule has 16 heavy (non-hydrogen) atoms.